The van der Waals surface area contributed by atoms with Gasteiger partial charge in [0.2, 0.25) is 5.88 Å². The second-order valence-corrected chi connectivity index (χ2v) is 7.27. The minimum absolute atomic E-state index is 0.311. The third kappa shape index (κ3) is 4.92. The number of hydrogen-bond acceptors (Lipinski definition) is 5. The molecule has 32 heavy (non-hydrogen) atoms. The topological polar surface area (TPSA) is 94.0 Å². The summed E-state index contributed by atoms with van der Waals surface area (Å²) in [5.74, 6) is 1.63. The number of carbonyl (C=O) groups excluding carboxylic acids is 1. The zero-order chi connectivity index (χ0) is 22.5. The quantitative estimate of drug-likeness (QED) is 0.436. The van der Waals surface area contributed by atoms with Crippen molar-refractivity contribution in [1.82, 2.24) is 19.7 Å². The van der Waals surface area contributed by atoms with Crippen LogP contribution in [0.15, 0.2) is 67.0 Å². The van der Waals surface area contributed by atoms with Gasteiger partial charge < -0.3 is 15.4 Å². The number of amides is 2. The molecule has 0 bridgehead atoms. The van der Waals surface area contributed by atoms with Gasteiger partial charge in [-0.05, 0) is 68.3 Å². The summed E-state index contributed by atoms with van der Waals surface area (Å²) in [6.07, 6.45) is 2.68. The molecule has 4 aromatic rings. The zero-order valence-corrected chi connectivity index (χ0v) is 18.2. The third-order valence-corrected chi connectivity index (χ3v) is 5.08. The number of imidazole rings is 1. The van der Waals surface area contributed by atoms with Crippen molar-refractivity contribution < 1.29 is 9.53 Å². The highest BCUT2D eigenvalue weighted by atomic mass is 16.5. The molecule has 0 fully saturated rings. The fraction of sp³-hybridized carbons (Fsp3) is 0.167. The molecule has 2 heterocycles. The lowest BCUT2D eigenvalue weighted by molar-refractivity contribution is 0.262. The standard InChI is InChI=1S/C24H24N6O2/c1-4-18-5-7-19(8-6-18)26-24(31)27-20-9-11-21(12-10-20)32-23-14-13-22(28-29-23)30-15-25-16(2)17(30)3/h5-15H,4H2,1-3H3,(H2,26,27,31). The largest absolute Gasteiger partial charge is 0.438 e. The predicted molar refractivity (Wildman–Crippen MR) is 124 cm³/mol. The van der Waals surface area contributed by atoms with Gasteiger partial charge in [0.05, 0.1) is 5.69 Å². The van der Waals surface area contributed by atoms with Gasteiger partial charge in [-0.15, -0.1) is 10.2 Å². The maximum atomic E-state index is 12.2. The van der Waals surface area contributed by atoms with E-state index in [9.17, 15) is 4.79 Å². The Bertz CT molecular complexity index is 1200. The highest BCUT2D eigenvalue weighted by molar-refractivity contribution is 5.99. The van der Waals surface area contributed by atoms with Gasteiger partial charge in [-0.25, -0.2) is 9.78 Å². The molecular formula is C24H24N6O2. The number of benzene rings is 2. The molecule has 8 nitrogen and oxygen atoms in total. The van der Waals surface area contributed by atoms with Crippen LogP contribution in [-0.2, 0) is 6.42 Å². The Morgan fingerprint density at radius 2 is 1.56 bits per heavy atom. The fourth-order valence-corrected chi connectivity index (χ4v) is 3.07. The number of nitrogens with zero attached hydrogens (tertiary/aromatic N) is 4. The number of ether oxygens (including phenoxy) is 1. The van der Waals surface area contributed by atoms with E-state index in [2.05, 4.69) is 32.7 Å². The first-order chi connectivity index (χ1) is 15.5. The first-order valence-electron chi connectivity index (χ1n) is 10.3. The number of aromatic nitrogens is 4. The van der Waals surface area contributed by atoms with Gasteiger partial charge in [-0.2, -0.15) is 0 Å². The lowest BCUT2D eigenvalue weighted by Crippen LogP contribution is -2.19. The van der Waals surface area contributed by atoms with Crippen molar-refractivity contribution in [2.75, 3.05) is 10.6 Å². The maximum Gasteiger partial charge on any atom is 0.323 e. The van der Waals surface area contributed by atoms with Gasteiger partial charge in [0, 0.05) is 23.1 Å². The molecule has 0 saturated carbocycles. The van der Waals surface area contributed by atoms with Crippen LogP contribution in [0.5, 0.6) is 11.6 Å². The molecule has 0 atom stereocenters. The molecule has 0 spiro atoms. The van der Waals surface area contributed by atoms with E-state index in [-0.39, 0.29) is 6.03 Å². The van der Waals surface area contributed by atoms with Crippen molar-refractivity contribution in [1.29, 1.82) is 0 Å². The van der Waals surface area contributed by atoms with Crippen LogP contribution in [0, 0.1) is 13.8 Å². The van der Waals surface area contributed by atoms with Gasteiger partial charge in [0.25, 0.3) is 0 Å². The van der Waals surface area contributed by atoms with E-state index >= 15 is 0 Å². The second kappa shape index (κ2) is 9.30. The summed E-state index contributed by atoms with van der Waals surface area (Å²) in [4.78, 5) is 16.5. The van der Waals surface area contributed by atoms with Crippen LogP contribution in [0.25, 0.3) is 5.82 Å². The number of urea groups is 1. The summed E-state index contributed by atoms with van der Waals surface area (Å²) >= 11 is 0. The normalized spacial score (nSPS) is 10.6. The molecule has 0 unspecified atom stereocenters. The molecule has 2 N–H and O–H groups in total. The van der Waals surface area contributed by atoms with Crippen LogP contribution < -0.4 is 15.4 Å². The minimum Gasteiger partial charge on any atom is -0.438 e. The van der Waals surface area contributed by atoms with Gasteiger partial charge >= 0.3 is 6.03 Å². The maximum absolute atomic E-state index is 12.2. The first-order valence-corrected chi connectivity index (χ1v) is 10.3. The minimum atomic E-state index is -0.311. The molecular weight excluding hydrogens is 404 g/mol. The summed E-state index contributed by atoms with van der Waals surface area (Å²) in [7, 11) is 0. The van der Waals surface area contributed by atoms with Crippen molar-refractivity contribution in [3.8, 4) is 17.4 Å². The number of hydrogen-bond donors (Lipinski definition) is 2. The van der Waals surface area contributed by atoms with E-state index in [0.717, 1.165) is 23.5 Å². The molecule has 2 aromatic heterocycles. The summed E-state index contributed by atoms with van der Waals surface area (Å²) in [5.41, 5.74) is 4.56. The van der Waals surface area contributed by atoms with E-state index < -0.39 is 0 Å². The van der Waals surface area contributed by atoms with E-state index in [0.29, 0.717) is 23.1 Å². The molecule has 8 heteroatoms. The number of anilines is 2. The zero-order valence-electron chi connectivity index (χ0n) is 18.2. The second-order valence-electron chi connectivity index (χ2n) is 7.27. The highest BCUT2D eigenvalue weighted by Crippen LogP contribution is 2.22. The molecule has 0 aliphatic heterocycles. The Labute approximate surface area is 186 Å². The van der Waals surface area contributed by atoms with Crippen LogP contribution >= 0.6 is 0 Å². The molecule has 0 aliphatic carbocycles. The number of nitrogens with one attached hydrogen (secondary N) is 2. The fourth-order valence-electron chi connectivity index (χ4n) is 3.07. The molecule has 4 rings (SSSR count). The van der Waals surface area contributed by atoms with Crippen molar-refractivity contribution in [2.24, 2.45) is 0 Å². The van der Waals surface area contributed by atoms with Crippen molar-refractivity contribution in [2.45, 2.75) is 27.2 Å². The lowest BCUT2D eigenvalue weighted by atomic mass is 10.1. The van der Waals surface area contributed by atoms with Crippen LogP contribution in [0.1, 0.15) is 23.9 Å². The smallest absolute Gasteiger partial charge is 0.323 e. The van der Waals surface area contributed by atoms with Crippen molar-refractivity contribution >= 4 is 17.4 Å². The van der Waals surface area contributed by atoms with Crippen LogP contribution in [-0.4, -0.2) is 25.8 Å². The Kier molecular flexibility index (Phi) is 6.12. The van der Waals surface area contributed by atoms with Gasteiger partial charge in [0.1, 0.15) is 12.1 Å². The number of carbonyl (C=O) groups is 1. The van der Waals surface area contributed by atoms with E-state index in [4.69, 9.17) is 4.74 Å². The summed E-state index contributed by atoms with van der Waals surface area (Å²) in [6, 6.07) is 18.1. The van der Waals surface area contributed by atoms with Gasteiger partial charge in [0.15, 0.2) is 5.82 Å². The number of aryl methyl sites for hydroxylation is 2. The Hall–Kier alpha value is -4.20. The molecule has 0 aliphatic rings. The predicted octanol–water partition coefficient (Wildman–Crippen LogP) is 5.28. The monoisotopic (exact) mass is 428 g/mol. The first kappa shape index (κ1) is 21.0. The Morgan fingerprint density at radius 3 is 2.09 bits per heavy atom. The molecule has 2 amide bonds. The van der Waals surface area contributed by atoms with Crippen molar-refractivity contribution in [3.63, 3.8) is 0 Å². The van der Waals surface area contributed by atoms with Gasteiger partial charge in [-0.1, -0.05) is 19.1 Å². The van der Waals surface area contributed by atoms with Crippen LogP contribution in [0.2, 0.25) is 0 Å². The molecule has 0 radical (unpaired) electrons. The number of rotatable bonds is 6. The summed E-state index contributed by atoms with van der Waals surface area (Å²) < 4.78 is 7.63. The summed E-state index contributed by atoms with van der Waals surface area (Å²) in [5, 5.41) is 14.0. The van der Waals surface area contributed by atoms with Crippen molar-refractivity contribution in [3.05, 3.63) is 83.9 Å². The SMILES string of the molecule is CCc1ccc(NC(=O)Nc2ccc(Oc3ccc(-n4cnc(C)c4C)nn3)cc2)cc1. The summed E-state index contributed by atoms with van der Waals surface area (Å²) in [6.45, 7) is 6.02. The lowest BCUT2D eigenvalue weighted by Gasteiger charge is -2.09. The molecule has 2 aromatic carbocycles. The Morgan fingerprint density at radius 1 is 0.906 bits per heavy atom. The van der Waals surface area contributed by atoms with E-state index in [1.54, 1.807) is 36.7 Å². The Balaban J connectivity index is 1.34. The molecule has 162 valence electrons. The average Bonchev–Trinajstić information content (AvgIpc) is 3.14. The van der Waals surface area contributed by atoms with E-state index in [1.807, 2.05) is 48.7 Å². The highest BCUT2D eigenvalue weighted by Gasteiger charge is 2.08. The third-order valence-electron chi connectivity index (χ3n) is 5.08. The van der Waals surface area contributed by atoms with Gasteiger partial charge in [-0.3, -0.25) is 4.57 Å². The molecule has 0 saturated heterocycles. The average molecular weight is 428 g/mol. The van der Waals surface area contributed by atoms with Crippen LogP contribution in [0.4, 0.5) is 16.2 Å². The van der Waals surface area contributed by atoms with E-state index in [1.165, 1.54) is 5.56 Å². The van der Waals surface area contributed by atoms with Crippen LogP contribution in [0.3, 0.4) is 0 Å².